The molecule has 2 N–H and O–H groups in total. The van der Waals surface area contributed by atoms with Crippen LogP contribution in [-0.4, -0.2) is 21.8 Å². The average Bonchev–Trinajstić information content (AvgIpc) is 2.12. The summed E-state index contributed by atoms with van der Waals surface area (Å²) in [4.78, 5) is 29.2. The van der Waals surface area contributed by atoms with Gasteiger partial charge in [0.15, 0.2) is 5.69 Å². The van der Waals surface area contributed by atoms with E-state index in [9.17, 15) is 9.59 Å². The number of carbonyl (C=O) groups excluding carboxylic acids is 2. The fourth-order valence-corrected chi connectivity index (χ4v) is 0.907. The molecule has 7 heteroatoms. The molecule has 0 atom stereocenters. The molecule has 2 heterocycles. The standard InChI is InChI=1S/C6H3N5O2/c7-6-8-1-2-3(9-6)5(13)11-10-4(2)12/h1H,(H2,7,8,9). The Morgan fingerprint density at radius 1 is 1.15 bits per heavy atom. The van der Waals surface area contributed by atoms with Crippen LogP contribution in [0.25, 0.3) is 0 Å². The topological polar surface area (TPSA) is 111 Å². The first kappa shape index (κ1) is 7.47. The number of anilines is 1. The summed E-state index contributed by atoms with van der Waals surface area (Å²) < 4.78 is 0. The van der Waals surface area contributed by atoms with Crippen LogP contribution in [-0.2, 0) is 0 Å². The lowest BCUT2D eigenvalue weighted by Gasteiger charge is -2.04. The van der Waals surface area contributed by atoms with Gasteiger partial charge in [0.05, 0.1) is 5.56 Å². The summed E-state index contributed by atoms with van der Waals surface area (Å²) in [5, 5.41) is 6.18. The Balaban J connectivity index is 2.69. The lowest BCUT2D eigenvalue weighted by molar-refractivity contribution is 0.0916. The zero-order valence-corrected chi connectivity index (χ0v) is 6.26. The molecule has 0 unspecified atom stereocenters. The number of rotatable bonds is 0. The van der Waals surface area contributed by atoms with Gasteiger partial charge < -0.3 is 5.73 Å². The van der Waals surface area contributed by atoms with Crippen molar-refractivity contribution in [3.05, 3.63) is 17.5 Å². The van der Waals surface area contributed by atoms with Gasteiger partial charge in [-0.25, -0.2) is 9.97 Å². The molecule has 0 saturated heterocycles. The number of hydrogen-bond acceptors (Lipinski definition) is 5. The van der Waals surface area contributed by atoms with Gasteiger partial charge in [0.1, 0.15) is 0 Å². The molecule has 64 valence electrons. The van der Waals surface area contributed by atoms with Crippen molar-refractivity contribution in [2.24, 2.45) is 10.2 Å². The normalized spacial score (nSPS) is 14.5. The van der Waals surface area contributed by atoms with Crippen molar-refractivity contribution < 1.29 is 9.59 Å². The van der Waals surface area contributed by atoms with E-state index >= 15 is 0 Å². The Kier molecular flexibility index (Phi) is 1.38. The second-order valence-electron chi connectivity index (χ2n) is 2.30. The largest absolute Gasteiger partial charge is 0.368 e. The van der Waals surface area contributed by atoms with E-state index in [-0.39, 0.29) is 17.2 Å². The number of aromatic nitrogens is 2. The van der Waals surface area contributed by atoms with E-state index in [1.165, 1.54) is 0 Å². The lowest BCUT2D eigenvalue weighted by Crippen LogP contribution is -2.15. The molecule has 1 aliphatic rings. The fraction of sp³-hybridized carbons (Fsp3) is 0. The molecule has 0 bridgehead atoms. The molecule has 2 rings (SSSR count). The predicted octanol–water partition coefficient (Wildman–Crippen LogP) is -0.195. The number of azo groups is 1. The highest BCUT2D eigenvalue weighted by Gasteiger charge is 2.24. The van der Waals surface area contributed by atoms with Crippen molar-refractivity contribution in [2.75, 3.05) is 5.73 Å². The number of fused-ring (bicyclic) bond motifs is 1. The smallest absolute Gasteiger partial charge is 0.315 e. The van der Waals surface area contributed by atoms with Crippen molar-refractivity contribution in [2.45, 2.75) is 0 Å². The molecule has 1 aromatic rings. The number of nitrogens with two attached hydrogens (primary N) is 1. The number of nitrogen functional groups attached to an aromatic ring is 1. The minimum absolute atomic E-state index is 0.0363. The Labute approximate surface area is 71.7 Å². The summed E-state index contributed by atoms with van der Waals surface area (Å²) in [6.45, 7) is 0. The van der Waals surface area contributed by atoms with Crippen molar-refractivity contribution in [1.29, 1.82) is 0 Å². The minimum atomic E-state index is -0.677. The highest BCUT2D eigenvalue weighted by Crippen LogP contribution is 2.14. The van der Waals surface area contributed by atoms with Crippen molar-refractivity contribution in [1.82, 2.24) is 9.97 Å². The number of hydrogen-bond donors (Lipinski definition) is 1. The van der Waals surface area contributed by atoms with Gasteiger partial charge in [0.25, 0.3) is 5.91 Å². The van der Waals surface area contributed by atoms with Gasteiger partial charge in [-0.05, 0) is 0 Å². The number of nitrogens with zero attached hydrogens (tertiary/aromatic N) is 4. The molecule has 13 heavy (non-hydrogen) atoms. The minimum Gasteiger partial charge on any atom is -0.368 e. The summed E-state index contributed by atoms with van der Waals surface area (Å²) in [5.74, 6) is -1.38. The molecule has 0 fully saturated rings. The van der Waals surface area contributed by atoms with Gasteiger partial charge >= 0.3 is 5.91 Å². The maximum absolute atomic E-state index is 11.0. The van der Waals surface area contributed by atoms with Crippen molar-refractivity contribution in [3.8, 4) is 0 Å². The molecule has 1 aromatic heterocycles. The van der Waals surface area contributed by atoms with E-state index in [2.05, 4.69) is 20.2 Å². The third-order valence-electron chi connectivity index (χ3n) is 1.47. The number of amides is 2. The monoisotopic (exact) mass is 177 g/mol. The predicted molar refractivity (Wildman–Crippen MR) is 40.0 cm³/mol. The Morgan fingerprint density at radius 3 is 2.62 bits per heavy atom. The molecule has 7 nitrogen and oxygen atoms in total. The van der Waals surface area contributed by atoms with Gasteiger partial charge in [-0.15, -0.1) is 10.2 Å². The van der Waals surface area contributed by atoms with Crippen LogP contribution in [0, 0.1) is 0 Å². The summed E-state index contributed by atoms with van der Waals surface area (Å²) in [5.41, 5.74) is 5.18. The first-order valence-corrected chi connectivity index (χ1v) is 3.31. The first-order valence-electron chi connectivity index (χ1n) is 3.31. The molecular weight excluding hydrogens is 174 g/mol. The van der Waals surface area contributed by atoms with Gasteiger partial charge in [0, 0.05) is 6.20 Å². The molecule has 0 saturated carbocycles. The van der Waals surface area contributed by atoms with Crippen LogP contribution >= 0.6 is 0 Å². The molecule has 0 radical (unpaired) electrons. The zero-order valence-electron chi connectivity index (χ0n) is 6.26. The highest BCUT2D eigenvalue weighted by molar-refractivity contribution is 6.09. The second-order valence-corrected chi connectivity index (χ2v) is 2.30. The lowest BCUT2D eigenvalue weighted by atomic mass is 10.2. The van der Waals surface area contributed by atoms with Crippen LogP contribution in [0.3, 0.4) is 0 Å². The molecule has 2 amide bonds. The summed E-state index contributed by atoms with van der Waals surface area (Å²) in [7, 11) is 0. The zero-order chi connectivity index (χ0) is 9.42. The molecule has 0 spiro atoms. The third kappa shape index (κ3) is 1.06. The molecular formula is C6H3N5O2. The van der Waals surface area contributed by atoms with Crippen LogP contribution in [0.2, 0.25) is 0 Å². The Morgan fingerprint density at radius 2 is 1.85 bits per heavy atom. The van der Waals surface area contributed by atoms with Gasteiger partial charge in [-0.3, -0.25) is 9.59 Å². The molecule has 1 aliphatic heterocycles. The van der Waals surface area contributed by atoms with Gasteiger partial charge in [-0.2, -0.15) is 0 Å². The van der Waals surface area contributed by atoms with E-state index in [1.807, 2.05) is 0 Å². The van der Waals surface area contributed by atoms with E-state index in [1.54, 1.807) is 0 Å². The highest BCUT2D eigenvalue weighted by atomic mass is 16.2. The third-order valence-corrected chi connectivity index (χ3v) is 1.47. The van der Waals surface area contributed by atoms with Crippen LogP contribution in [0.4, 0.5) is 5.95 Å². The van der Waals surface area contributed by atoms with E-state index < -0.39 is 11.8 Å². The summed E-state index contributed by atoms with van der Waals surface area (Å²) >= 11 is 0. The van der Waals surface area contributed by atoms with Crippen LogP contribution in [0.1, 0.15) is 20.8 Å². The van der Waals surface area contributed by atoms with Crippen molar-refractivity contribution in [3.63, 3.8) is 0 Å². The van der Waals surface area contributed by atoms with Gasteiger partial charge in [0.2, 0.25) is 5.95 Å². The average molecular weight is 177 g/mol. The quantitative estimate of drug-likeness (QED) is 0.590. The van der Waals surface area contributed by atoms with Crippen LogP contribution in [0.15, 0.2) is 16.4 Å². The maximum Gasteiger partial charge on any atom is 0.315 e. The first-order chi connectivity index (χ1) is 6.18. The Bertz CT molecular complexity index is 439. The van der Waals surface area contributed by atoms with Crippen molar-refractivity contribution >= 4 is 17.8 Å². The molecule has 0 aliphatic carbocycles. The van der Waals surface area contributed by atoms with E-state index in [0.29, 0.717) is 0 Å². The maximum atomic E-state index is 11.0. The van der Waals surface area contributed by atoms with E-state index in [4.69, 9.17) is 5.73 Å². The Hall–Kier alpha value is -2.18. The summed E-state index contributed by atoms with van der Waals surface area (Å²) in [6, 6.07) is 0. The van der Waals surface area contributed by atoms with Gasteiger partial charge in [-0.1, -0.05) is 0 Å². The van der Waals surface area contributed by atoms with Crippen LogP contribution in [0.5, 0.6) is 0 Å². The SMILES string of the molecule is Nc1ncc2c(n1)C(=O)N=NC2=O. The number of carbonyl (C=O) groups is 2. The van der Waals surface area contributed by atoms with E-state index in [0.717, 1.165) is 6.20 Å². The fourth-order valence-electron chi connectivity index (χ4n) is 0.907. The summed E-state index contributed by atoms with van der Waals surface area (Å²) in [6.07, 6.45) is 1.16. The second kappa shape index (κ2) is 2.41. The molecule has 0 aromatic carbocycles. The van der Waals surface area contributed by atoms with Crippen LogP contribution < -0.4 is 5.73 Å².